The predicted molar refractivity (Wildman–Crippen MR) is 110 cm³/mol. The lowest BCUT2D eigenvalue weighted by molar-refractivity contribution is -0.185. The monoisotopic (exact) mass is 414 g/mol. The van der Waals surface area contributed by atoms with Crippen molar-refractivity contribution < 1.29 is 23.9 Å². The zero-order valence-electron chi connectivity index (χ0n) is 18.7. The average Bonchev–Trinajstić information content (AvgIpc) is 3.21. The minimum Gasteiger partial charge on any atom is -0.469 e. The molecular formula is C25H34O5. The van der Waals surface area contributed by atoms with Gasteiger partial charge in [-0.3, -0.25) is 14.4 Å². The van der Waals surface area contributed by atoms with Gasteiger partial charge in [-0.05, 0) is 73.7 Å². The zero-order chi connectivity index (χ0) is 21.5. The van der Waals surface area contributed by atoms with Crippen molar-refractivity contribution in [2.24, 2.45) is 40.4 Å². The molecule has 164 valence electrons. The molecule has 4 aliphatic carbocycles. The van der Waals surface area contributed by atoms with E-state index in [0.29, 0.717) is 37.0 Å². The lowest BCUT2D eigenvalue weighted by atomic mass is 9.41. The molecule has 0 aromatic rings. The molecule has 5 heteroatoms. The van der Waals surface area contributed by atoms with Crippen LogP contribution in [0.3, 0.4) is 0 Å². The summed E-state index contributed by atoms with van der Waals surface area (Å²) in [6, 6.07) is 0. The van der Waals surface area contributed by atoms with Gasteiger partial charge in [-0.1, -0.05) is 26.3 Å². The molecule has 5 nitrogen and oxygen atoms in total. The Morgan fingerprint density at radius 2 is 1.93 bits per heavy atom. The first-order chi connectivity index (χ1) is 14.1. The first-order valence-electron chi connectivity index (χ1n) is 11.7. The maximum atomic E-state index is 13.0. The highest BCUT2D eigenvalue weighted by Gasteiger charge is 2.70. The van der Waals surface area contributed by atoms with E-state index in [-0.39, 0.29) is 46.0 Å². The van der Waals surface area contributed by atoms with E-state index in [2.05, 4.69) is 20.8 Å². The minimum absolute atomic E-state index is 0.0358. The minimum atomic E-state index is -0.367. The molecule has 8 atom stereocenters. The maximum absolute atomic E-state index is 13.0. The third-order valence-corrected chi connectivity index (χ3v) is 10.1. The average molecular weight is 415 g/mol. The van der Waals surface area contributed by atoms with Gasteiger partial charge in [0.25, 0.3) is 0 Å². The third-order valence-electron chi connectivity index (χ3n) is 10.1. The number of hydrogen-bond donors (Lipinski definition) is 0. The molecule has 0 aromatic carbocycles. The largest absolute Gasteiger partial charge is 0.469 e. The van der Waals surface area contributed by atoms with Crippen LogP contribution in [0.2, 0.25) is 0 Å². The van der Waals surface area contributed by atoms with Gasteiger partial charge in [0.15, 0.2) is 5.78 Å². The summed E-state index contributed by atoms with van der Waals surface area (Å²) in [5, 5.41) is 0. The Hall–Kier alpha value is -1.65. The Morgan fingerprint density at radius 3 is 2.60 bits per heavy atom. The second-order valence-corrected chi connectivity index (χ2v) is 11.2. The quantitative estimate of drug-likeness (QED) is 0.600. The Labute approximate surface area is 178 Å². The van der Waals surface area contributed by atoms with Crippen molar-refractivity contribution in [1.82, 2.24) is 0 Å². The number of methoxy groups -OCH3 is 1. The normalized spacial score (nSPS) is 49.7. The van der Waals surface area contributed by atoms with Crippen molar-refractivity contribution in [1.29, 1.82) is 0 Å². The summed E-state index contributed by atoms with van der Waals surface area (Å²) in [6.07, 6.45) is 8.18. The van der Waals surface area contributed by atoms with E-state index >= 15 is 0 Å². The molecule has 4 fully saturated rings. The fourth-order valence-corrected chi connectivity index (χ4v) is 8.91. The second kappa shape index (κ2) is 6.43. The number of carbonyl (C=O) groups is 3. The first kappa shape index (κ1) is 20.3. The van der Waals surface area contributed by atoms with Crippen LogP contribution in [0.5, 0.6) is 0 Å². The van der Waals surface area contributed by atoms with E-state index in [0.717, 1.165) is 37.7 Å². The van der Waals surface area contributed by atoms with Crippen LogP contribution in [0, 0.1) is 40.4 Å². The highest BCUT2D eigenvalue weighted by Crippen LogP contribution is 2.71. The lowest BCUT2D eigenvalue weighted by Gasteiger charge is -2.62. The van der Waals surface area contributed by atoms with Gasteiger partial charge in [-0.15, -0.1) is 0 Å². The third kappa shape index (κ3) is 2.44. The first-order valence-corrected chi connectivity index (χ1v) is 11.7. The maximum Gasteiger partial charge on any atom is 0.309 e. The van der Waals surface area contributed by atoms with Crippen molar-refractivity contribution in [3.63, 3.8) is 0 Å². The van der Waals surface area contributed by atoms with Crippen molar-refractivity contribution >= 4 is 17.7 Å². The van der Waals surface area contributed by atoms with Crippen molar-refractivity contribution in [3.8, 4) is 0 Å². The molecule has 5 rings (SSSR count). The van der Waals surface area contributed by atoms with Crippen LogP contribution in [-0.2, 0) is 23.9 Å². The molecule has 1 spiro atoms. The van der Waals surface area contributed by atoms with E-state index in [9.17, 15) is 14.4 Å². The number of ether oxygens (including phenoxy) is 2. The van der Waals surface area contributed by atoms with Gasteiger partial charge < -0.3 is 9.47 Å². The van der Waals surface area contributed by atoms with Gasteiger partial charge in [0.1, 0.15) is 5.60 Å². The summed E-state index contributed by atoms with van der Waals surface area (Å²) in [4.78, 5) is 37.4. The van der Waals surface area contributed by atoms with Crippen LogP contribution in [0.1, 0.15) is 72.1 Å². The molecule has 0 bridgehead atoms. The van der Waals surface area contributed by atoms with E-state index < -0.39 is 0 Å². The highest BCUT2D eigenvalue weighted by atomic mass is 16.6. The van der Waals surface area contributed by atoms with Gasteiger partial charge >= 0.3 is 11.9 Å². The molecule has 0 aromatic heterocycles. The van der Waals surface area contributed by atoms with Crippen LogP contribution >= 0.6 is 0 Å². The molecule has 6 unspecified atom stereocenters. The summed E-state index contributed by atoms with van der Waals surface area (Å²) in [6.45, 7) is 6.97. The Balaban J connectivity index is 1.62. The number of allylic oxidation sites excluding steroid dienone is 1. The zero-order valence-corrected chi connectivity index (χ0v) is 18.7. The van der Waals surface area contributed by atoms with E-state index in [1.54, 1.807) is 0 Å². The lowest BCUT2D eigenvalue weighted by Crippen LogP contribution is -2.60. The van der Waals surface area contributed by atoms with Crippen LogP contribution in [0.15, 0.2) is 11.6 Å². The second-order valence-electron chi connectivity index (χ2n) is 11.2. The van der Waals surface area contributed by atoms with Crippen LogP contribution in [0.25, 0.3) is 0 Å². The Bertz CT molecular complexity index is 844. The fourth-order valence-electron chi connectivity index (χ4n) is 8.91. The number of fused-ring (bicyclic) bond motifs is 6. The number of ketones is 1. The van der Waals surface area contributed by atoms with Gasteiger partial charge in [0.05, 0.1) is 13.0 Å². The van der Waals surface area contributed by atoms with E-state index in [4.69, 9.17) is 9.47 Å². The number of carbonyl (C=O) groups excluding carboxylic acids is 3. The molecule has 1 aliphatic heterocycles. The molecule has 30 heavy (non-hydrogen) atoms. The Kier molecular flexibility index (Phi) is 4.34. The summed E-state index contributed by atoms with van der Waals surface area (Å²) in [5.74, 6) is 1.04. The van der Waals surface area contributed by atoms with Gasteiger partial charge in [-0.25, -0.2) is 0 Å². The van der Waals surface area contributed by atoms with E-state index in [1.807, 2.05) is 6.08 Å². The molecule has 0 radical (unpaired) electrons. The molecule has 1 heterocycles. The van der Waals surface area contributed by atoms with Crippen molar-refractivity contribution in [3.05, 3.63) is 11.6 Å². The topological polar surface area (TPSA) is 69.7 Å². The molecular weight excluding hydrogens is 380 g/mol. The van der Waals surface area contributed by atoms with Crippen molar-refractivity contribution in [2.75, 3.05) is 7.11 Å². The highest BCUT2D eigenvalue weighted by molar-refractivity contribution is 5.92. The summed E-state index contributed by atoms with van der Waals surface area (Å²) in [7, 11) is 1.48. The summed E-state index contributed by atoms with van der Waals surface area (Å²) < 4.78 is 11.4. The fraction of sp³-hybridized carbons (Fsp3) is 0.800. The SMILES string of the molecule is COC(=O)C1CC2=CC(=O)CC[C@]2(C)C2C(C)C[C@@]3(C)C(CCC34CCC(=O)O4)C12. The predicted octanol–water partition coefficient (Wildman–Crippen LogP) is 4.24. The van der Waals surface area contributed by atoms with Gasteiger partial charge in [-0.2, -0.15) is 0 Å². The van der Waals surface area contributed by atoms with Gasteiger partial charge in [0.2, 0.25) is 0 Å². The van der Waals surface area contributed by atoms with Gasteiger partial charge in [0, 0.05) is 18.3 Å². The molecule has 0 amide bonds. The molecule has 0 N–H and O–H groups in total. The Morgan fingerprint density at radius 1 is 1.17 bits per heavy atom. The summed E-state index contributed by atoms with van der Waals surface area (Å²) >= 11 is 0. The van der Waals surface area contributed by atoms with Crippen LogP contribution < -0.4 is 0 Å². The number of rotatable bonds is 1. The standard InChI is InChI=1S/C25H34O5/c1-14-13-24(3)18(6-9-25(24)10-7-19(27)30-25)20-17(22(28)29-4)12-15-11-16(26)5-8-23(15,2)21(14)20/h11,14,17-18,20-21H,5-10,12-13H2,1-4H3/t14?,17?,18?,20?,21?,23-,24-,25?/m0/s1. The number of hydrogen-bond acceptors (Lipinski definition) is 5. The number of esters is 2. The van der Waals surface area contributed by atoms with Crippen LogP contribution in [0.4, 0.5) is 0 Å². The molecule has 3 saturated carbocycles. The summed E-state index contributed by atoms with van der Waals surface area (Å²) in [5.41, 5.74) is 0.652. The van der Waals surface area contributed by atoms with Crippen LogP contribution in [-0.4, -0.2) is 30.4 Å². The van der Waals surface area contributed by atoms with E-state index in [1.165, 1.54) is 7.11 Å². The molecule has 5 aliphatic rings. The molecule has 1 saturated heterocycles. The smallest absolute Gasteiger partial charge is 0.309 e. The van der Waals surface area contributed by atoms with Crippen molar-refractivity contribution in [2.45, 2.75) is 77.7 Å².